The number of aromatic nitrogens is 3. The van der Waals surface area contributed by atoms with Crippen molar-refractivity contribution in [2.75, 3.05) is 6.26 Å². The second kappa shape index (κ2) is 5.87. The van der Waals surface area contributed by atoms with E-state index in [9.17, 15) is 4.79 Å². The van der Waals surface area contributed by atoms with E-state index in [1.54, 1.807) is 25.6 Å². The first kappa shape index (κ1) is 13.6. The van der Waals surface area contributed by atoms with E-state index in [0.29, 0.717) is 34.5 Å². The number of nitrogens with one attached hydrogen (secondary N) is 1. The van der Waals surface area contributed by atoms with Crippen LogP contribution in [0.25, 0.3) is 0 Å². The summed E-state index contributed by atoms with van der Waals surface area (Å²) in [6.45, 7) is 3.59. The summed E-state index contributed by atoms with van der Waals surface area (Å²) in [5.74, 6) is 1.91. The average molecular weight is 282 g/mol. The third-order valence-electron chi connectivity index (χ3n) is 2.44. The number of aryl methyl sites for hydroxylation is 2. The summed E-state index contributed by atoms with van der Waals surface area (Å²) in [5, 5.41) is 10.2. The third-order valence-corrected chi connectivity index (χ3v) is 2.99. The maximum Gasteiger partial charge on any atom is 0.257 e. The van der Waals surface area contributed by atoms with Gasteiger partial charge in [-0.2, -0.15) is 16.7 Å². The van der Waals surface area contributed by atoms with Gasteiger partial charge in [-0.25, -0.2) is 0 Å². The number of amides is 1. The molecule has 19 heavy (non-hydrogen) atoms. The average Bonchev–Trinajstić information content (AvgIpc) is 2.95. The fraction of sp³-hybridized carbons (Fsp3) is 0.455. The van der Waals surface area contributed by atoms with Gasteiger partial charge in [0, 0.05) is 0 Å². The van der Waals surface area contributed by atoms with Gasteiger partial charge in [0.15, 0.2) is 5.82 Å². The molecule has 0 radical (unpaired) electrons. The molecule has 2 rings (SSSR count). The van der Waals surface area contributed by atoms with Gasteiger partial charge < -0.3 is 14.4 Å². The number of nitrogens with zero attached hydrogens (tertiary/aromatic N) is 3. The van der Waals surface area contributed by atoms with Crippen molar-refractivity contribution in [2.45, 2.75) is 26.1 Å². The molecule has 7 nitrogen and oxygen atoms in total. The Hall–Kier alpha value is -1.83. The van der Waals surface area contributed by atoms with Crippen molar-refractivity contribution in [2.24, 2.45) is 0 Å². The van der Waals surface area contributed by atoms with E-state index in [4.69, 9.17) is 9.05 Å². The Labute approximate surface area is 114 Å². The van der Waals surface area contributed by atoms with Gasteiger partial charge >= 0.3 is 0 Å². The molecule has 0 bridgehead atoms. The topological polar surface area (TPSA) is 94.1 Å². The second-order valence-electron chi connectivity index (χ2n) is 3.92. The molecule has 0 aliphatic carbocycles. The smallest absolute Gasteiger partial charge is 0.257 e. The van der Waals surface area contributed by atoms with Crippen LogP contribution < -0.4 is 5.32 Å². The highest BCUT2D eigenvalue weighted by atomic mass is 32.2. The summed E-state index contributed by atoms with van der Waals surface area (Å²) in [7, 11) is 0. The third kappa shape index (κ3) is 3.14. The first-order chi connectivity index (χ1) is 9.11. The highest BCUT2D eigenvalue weighted by Crippen LogP contribution is 2.12. The Bertz CT molecular complexity index is 559. The number of rotatable bonds is 5. The highest BCUT2D eigenvalue weighted by Gasteiger charge is 2.17. The number of carbonyl (C=O) groups excluding carboxylic acids is 1. The van der Waals surface area contributed by atoms with Gasteiger partial charge in [-0.3, -0.25) is 4.79 Å². The summed E-state index contributed by atoms with van der Waals surface area (Å²) >= 11 is 1.60. The minimum Gasteiger partial charge on any atom is -0.361 e. The van der Waals surface area contributed by atoms with Gasteiger partial charge in [-0.05, 0) is 20.1 Å². The van der Waals surface area contributed by atoms with Crippen LogP contribution in [0.15, 0.2) is 9.05 Å². The normalized spacial score (nSPS) is 10.7. The molecule has 0 aliphatic rings. The zero-order valence-electron chi connectivity index (χ0n) is 10.9. The van der Waals surface area contributed by atoms with Gasteiger partial charge in [0.2, 0.25) is 5.89 Å². The van der Waals surface area contributed by atoms with Crippen molar-refractivity contribution in [3.63, 3.8) is 0 Å². The van der Waals surface area contributed by atoms with E-state index in [1.165, 1.54) is 0 Å². The Morgan fingerprint density at radius 3 is 2.74 bits per heavy atom. The fourth-order valence-electron chi connectivity index (χ4n) is 1.60. The Kier molecular flexibility index (Phi) is 4.20. The number of thioether (sulfide) groups is 1. The van der Waals surface area contributed by atoms with Crippen LogP contribution in [0.3, 0.4) is 0 Å². The maximum absolute atomic E-state index is 11.9. The number of hydrogen-bond acceptors (Lipinski definition) is 7. The monoisotopic (exact) mass is 282 g/mol. The second-order valence-corrected chi connectivity index (χ2v) is 4.79. The standard InChI is InChI=1S/C11H14N4O3S/c1-6-10(7(2)17-14-6)11(16)12-4-9-13-8(5-19-3)15-18-9/h4-5H2,1-3H3,(H,12,16). The Morgan fingerprint density at radius 2 is 2.11 bits per heavy atom. The molecular formula is C11H14N4O3S. The lowest BCUT2D eigenvalue weighted by Crippen LogP contribution is -2.24. The van der Waals surface area contributed by atoms with Crippen LogP contribution in [0.5, 0.6) is 0 Å². The van der Waals surface area contributed by atoms with Crippen molar-refractivity contribution >= 4 is 17.7 Å². The molecular weight excluding hydrogens is 268 g/mol. The van der Waals surface area contributed by atoms with Crippen molar-refractivity contribution < 1.29 is 13.8 Å². The van der Waals surface area contributed by atoms with E-state index >= 15 is 0 Å². The first-order valence-corrected chi connectivity index (χ1v) is 7.02. The van der Waals surface area contributed by atoms with E-state index in [-0.39, 0.29) is 12.5 Å². The van der Waals surface area contributed by atoms with Crippen molar-refractivity contribution in [3.05, 3.63) is 28.7 Å². The zero-order chi connectivity index (χ0) is 13.8. The van der Waals surface area contributed by atoms with Crippen molar-refractivity contribution in [3.8, 4) is 0 Å². The van der Waals surface area contributed by atoms with Gasteiger partial charge in [-0.15, -0.1) is 0 Å². The molecule has 102 valence electrons. The molecule has 0 fully saturated rings. The lowest BCUT2D eigenvalue weighted by Gasteiger charge is -2.00. The van der Waals surface area contributed by atoms with E-state index < -0.39 is 0 Å². The lowest BCUT2D eigenvalue weighted by atomic mass is 10.2. The summed E-state index contributed by atoms with van der Waals surface area (Å²) in [5.41, 5.74) is 1.01. The van der Waals surface area contributed by atoms with Crippen LogP contribution in [0.4, 0.5) is 0 Å². The molecule has 8 heteroatoms. The Morgan fingerprint density at radius 1 is 1.32 bits per heavy atom. The molecule has 2 heterocycles. The first-order valence-electron chi connectivity index (χ1n) is 5.63. The molecule has 0 aliphatic heterocycles. The summed E-state index contributed by atoms with van der Waals surface area (Å²) in [4.78, 5) is 16.1. The Balaban J connectivity index is 1.96. The minimum absolute atomic E-state index is 0.185. The maximum atomic E-state index is 11.9. The summed E-state index contributed by atoms with van der Waals surface area (Å²) in [6.07, 6.45) is 1.95. The van der Waals surface area contributed by atoms with E-state index in [2.05, 4.69) is 20.6 Å². The van der Waals surface area contributed by atoms with Crippen LogP contribution >= 0.6 is 11.8 Å². The molecule has 0 aromatic carbocycles. The van der Waals surface area contributed by atoms with Crippen molar-refractivity contribution in [1.29, 1.82) is 0 Å². The van der Waals surface area contributed by atoms with E-state index in [1.807, 2.05) is 6.26 Å². The molecule has 0 atom stereocenters. The van der Waals surface area contributed by atoms with Gasteiger partial charge in [-0.1, -0.05) is 10.3 Å². The van der Waals surface area contributed by atoms with Gasteiger partial charge in [0.05, 0.1) is 18.0 Å². The van der Waals surface area contributed by atoms with E-state index in [0.717, 1.165) is 0 Å². The number of carbonyl (C=O) groups is 1. The quantitative estimate of drug-likeness (QED) is 0.887. The van der Waals surface area contributed by atoms with Crippen LogP contribution in [0.2, 0.25) is 0 Å². The van der Waals surface area contributed by atoms with Crippen LogP contribution in [-0.4, -0.2) is 27.5 Å². The van der Waals surface area contributed by atoms with Gasteiger partial charge in [0.1, 0.15) is 11.3 Å². The molecule has 0 unspecified atom stereocenters. The predicted octanol–water partition coefficient (Wildman–Crippen LogP) is 1.47. The fourth-order valence-corrected chi connectivity index (χ4v) is 1.98. The van der Waals surface area contributed by atoms with Crippen LogP contribution in [0, 0.1) is 13.8 Å². The van der Waals surface area contributed by atoms with Crippen LogP contribution in [-0.2, 0) is 12.3 Å². The highest BCUT2D eigenvalue weighted by molar-refractivity contribution is 7.97. The van der Waals surface area contributed by atoms with Gasteiger partial charge in [0.25, 0.3) is 5.91 Å². The van der Waals surface area contributed by atoms with Crippen molar-refractivity contribution in [1.82, 2.24) is 20.6 Å². The molecule has 1 N–H and O–H groups in total. The minimum atomic E-state index is -0.263. The SMILES string of the molecule is CSCc1noc(CNC(=O)c2c(C)noc2C)n1. The number of hydrogen-bond donors (Lipinski definition) is 1. The summed E-state index contributed by atoms with van der Waals surface area (Å²) < 4.78 is 9.96. The molecule has 0 saturated carbocycles. The largest absolute Gasteiger partial charge is 0.361 e. The lowest BCUT2D eigenvalue weighted by molar-refractivity contribution is 0.0944. The van der Waals surface area contributed by atoms with Crippen LogP contribution in [0.1, 0.15) is 33.5 Å². The summed E-state index contributed by atoms with van der Waals surface area (Å²) in [6, 6.07) is 0. The zero-order valence-corrected chi connectivity index (χ0v) is 11.7. The molecule has 1 amide bonds. The predicted molar refractivity (Wildman–Crippen MR) is 68.7 cm³/mol. The molecule has 0 spiro atoms. The molecule has 2 aromatic rings. The molecule has 0 saturated heterocycles. The molecule has 2 aromatic heterocycles.